The van der Waals surface area contributed by atoms with Gasteiger partial charge in [-0.15, -0.1) is 0 Å². The molecule has 8 heteroatoms. The third-order valence-electron chi connectivity index (χ3n) is 4.85. The van der Waals surface area contributed by atoms with Crippen LogP contribution in [0.4, 0.5) is 16.3 Å². The maximum Gasteiger partial charge on any atom is 0.322 e. The standard InChI is InChI=1S/C24H28ClN5O2/c1-16-6-10-18(11-7-16)26-23(32)29(5)15-22(31)27-21-14-20(24(2,3)4)28-30(21)19-12-8-17(25)9-13-19/h6-14H,15H2,1-5H3,(H,26,32)(H,27,31). The molecule has 0 fully saturated rings. The van der Waals surface area contributed by atoms with E-state index in [1.165, 1.54) is 4.90 Å². The summed E-state index contributed by atoms with van der Waals surface area (Å²) in [4.78, 5) is 26.5. The van der Waals surface area contributed by atoms with Crippen LogP contribution in [0.15, 0.2) is 54.6 Å². The monoisotopic (exact) mass is 453 g/mol. The minimum atomic E-state index is -0.370. The van der Waals surface area contributed by atoms with Crippen LogP contribution in [-0.4, -0.2) is 40.2 Å². The molecule has 0 atom stereocenters. The van der Waals surface area contributed by atoms with E-state index >= 15 is 0 Å². The summed E-state index contributed by atoms with van der Waals surface area (Å²) in [5.41, 5.74) is 3.16. The molecule has 0 saturated heterocycles. The van der Waals surface area contributed by atoms with E-state index in [1.807, 2.05) is 49.4 Å². The number of amides is 3. The number of benzene rings is 2. The van der Waals surface area contributed by atoms with Gasteiger partial charge in [0.2, 0.25) is 5.91 Å². The van der Waals surface area contributed by atoms with Crippen LogP contribution in [-0.2, 0) is 10.2 Å². The first-order valence-electron chi connectivity index (χ1n) is 10.3. The Labute approximate surface area is 193 Å². The van der Waals surface area contributed by atoms with Crippen LogP contribution in [0.3, 0.4) is 0 Å². The number of anilines is 2. The predicted octanol–water partition coefficient (Wildman–Crippen LogP) is 5.23. The summed E-state index contributed by atoms with van der Waals surface area (Å²) in [7, 11) is 1.57. The number of likely N-dealkylation sites (N-methyl/N-ethyl adjacent to an activating group) is 1. The molecule has 1 aromatic heterocycles. The Hall–Kier alpha value is -3.32. The number of aryl methyl sites for hydroxylation is 1. The Morgan fingerprint density at radius 2 is 1.66 bits per heavy atom. The number of aromatic nitrogens is 2. The minimum Gasteiger partial charge on any atom is -0.318 e. The van der Waals surface area contributed by atoms with Gasteiger partial charge in [0, 0.05) is 29.2 Å². The van der Waals surface area contributed by atoms with Crippen LogP contribution in [0.5, 0.6) is 0 Å². The maximum absolute atomic E-state index is 12.7. The van der Waals surface area contributed by atoms with Gasteiger partial charge in [-0.2, -0.15) is 5.10 Å². The summed E-state index contributed by atoms with van der Waals surface area (Å²) in [5.74, 6) is 0.191. The van der Waals surface area contributed by atoms with Gasteiger partial charge < -0.3 is 15.5 Å². The number of hydrogen-bond acceptors (Lipinski definition) is 3. The number of nitrogens with zero attached hydrogens (tertiary/aromatic N) is 3. The highest BCUT2D eigenvalue weighted by molar-refractivity contribution is 6.30. The van der Waals surface area contributed by atoms with Crippen molar-refractivity contribution in [1.29, 1.82) is 0 Å². The summed E-state index contributed by atoms with van der Waals surface area (Å²) in [6.07, 6.45) is 0. The second kappa shape index (κ2) is 9.44. The highest BCUT2D eigenvalue weighted by Gasteiger charge is 2.22. The Kier molecular flexibility index (Phi) is 6.89. The van der Waals surface area contributed by atoms with Crippen molar-refractivity contribution < 1.29 is 9.59 Å². The highest BCUT2D eigenvalue weighted by Crippen LogP contribution is 2.26. The van der Waals surface area contributed by atoms with Crippen LogP contribution in [0.2, 0.25) is 5.02 Å². The smallest absolute Gasteiger partial charge is 0.318 e. The summed E-state index contributed by atoms with van der Waals surface area (Å²) < 4.78 is 1.67. The molecule has 7 nitrogen and oxygen atoms in total. The fraction of sp³-hybridized carbons (Fsp3) is 0.292. The molecule has 0 aliphatic rings. The zero-order valence-corrected chi connectivity index (χ0v) is 19.7. The van der Waals surface area contributed by atoms with Gasteiger partial charge in [0.05, 0.1) is 11.4 Å². The minimum absolute atomic E-state index is 0.117. The molecule has 2 N–H and O–H groups in total. The zero-order valence-electron chi connectivity index (χ0n) is 18.9. The quantitative estimate of drug-likeness (QED) is 0.554. The molecule has 0 aliphatic heterocycles. The van der Waals surface area contributed by atoms with Crippen molar-refractivity contribution in [2.45, 2.75) is 33.1 Å². The lowest BCUT2D eigenvalue weighted by molar-refractivity contribution is -0.116. The first-order chi connectivity index (χ1) is 15.0. The molecule has 0 unspecified atom stereocenters. The topological polar surface area (TPSA) is 79.3 Å². The van der Waals surface area contributed by atoms with Gasteiger partial charge in [-0.3, -0.25) is 4.79 Å². The molecule has 3 amide bonds. The maximum atomic E-state index is 12.7. The molecule has 0 aliphatic carbocycles. The SMILES string of the molecule is Cc1ccc(NC(=O)N(C)CC(=O)Nc2cc(C(C)(C)C)nn2-c2ccc(Cl)cc2)cc1. The van der Waals surface area contributed by atoms with E-state index in [-0.39, 0.29) is 23.9 Å². The van der Waals surface area contributed by atoms with Gasteiger partial charge >= 0.3 is 6.03 Å². The number of halogens is 1. The van der Waals surface area contributed by atoms with Crippen molar-refractivity contribution >= 4 is 35.0 Å². The Morgan fingerprint density at radius 1 is 1.03 bits per heavy atom. The van der Waals surface area contributed by atoms with Gasteiger partial charge in [-0.1, -0.05) is 50.1 Å². The predicted molar refractivity (Wildman–Crippen MR) is 129 cm³/mol. The van der Waals surface area contributed by atoms with Crippen LogP contribution in [0, 0.1) is 6.92 Å². The van der Waals surface area contributed by atoms with Crippen molar-refractivity contribution in [3.8, 4) is 5.69 Å². The third kappa shape index (κ3) is 5.88. The van der Waals surface area contributed by atoms with Gasteiger partial charge in [0.25, 0.3) is 0 Å². The van der Waals surface area contributed by atoms with E-state index in [0.717, 1.165) is 16.9 Å². The highest BCUT2D eigenvalue weighted by atomic mass is 35.5. The number of carbonyl (C=O) groups excluding carboxylic acids is 2. The molecule has 0 saturated carbocycles. The van der Waals surface area contributed by atoms with E-state index in [9.17, 15) is 9.59 Å². The van der Waals surface area contributed by atoms with Crippen LogP contribution in [0.25, 0.3) is 5.69 Å². The van der Waals surface area contributed by atoms with Gasteiger partial charge in [0.1, 0.15) is 12.4 Å². The van der Waals surface area contributed by atoms with Gasteiger partial charge in [-0.05, 0) is 43.3 Å². The summed E-state index contributed by atoms with van der Waals surface area (Å²) in [6, 6.07) is 16.1. The largest absolute Gasteiger partial charge is 0.322 e. The van der Waals surface area contributed by atoms with E-state index < -0.39 is 0 Å². The molecule has 3 rings (SSSR count). The molecule has 32 heavy (non-hydrogen) atoms. The summed E-state index contributed by atoms with van der Waals surface area (Å²) in [5, 5.41) is 11.0. The number of carbonyl (C=O) groups is 2. The Morgan fingerprint density at radius 3 is 2.25 bits per heavy atom. The number of nitrogens with one attached hydrogen (secondary N) is 2. The van der Waals surface area contributed by atoms with Crippen LogP contribution >= 0.6 is 11.6 Å². The Balaban J connectivity index is 1.73. The lowest BCUT2D eigenvalue weighted by Crippen LogP contribution is -2.37. The normalized spacial score (nSPS) is 11.2. The number of hydrogen-bond donors (Lipinski definition) is 2. The molecule has 168 valence electrons. The Bertz CT molecular complexity index is 1100. The number of rotatable bonds is 5. The second-order valence-corrected chi connectivity index (χ2v) is 9.19. The molecular formula is C24H28ClN5O2. The van der Waals surface area contributed by atoms with Gasteiger partial charge in [0.15, 0.2) is 0 Å². The van der Waals surface area contributed by atoms with E-state index in [0.29, 0.717) is 16.5 Å². The fourth-order valence-corrected chi connectivity index (χ4v) is 3.07. The average Bonchev–Trinajstić information content (AvgIpc) is 3.14. The van der Waals surface area contributed by atoms with Crippen molar-refractivity contribution in [3.63, 3.8) is 0 Å². The van der Waals surface area contributed by atoms with E-state index in [2.05, 4.69) is 36.5 Å². The molecular weight excluding hydrogens is 426 g/mol. The second-order valence-electron chi connectivity index (χ2n) is 8.75. The van der Waals surface area contributed by atoms with E-state index in [1.54, 1.807) is 23.9 Å². The van der Waals surface area contributed by atoms with Crippen molar-refractivity contribution in [3.05, 3.63) is 70.9 Å². The number of urea groups is 1. The summed E-state index contributed by atoms with van der Waals surface area (Å²) in [6.45, 7) is 8.01. The van der Waals surface area contributed by atoms with Crippen molar-refractivity contribution in [1.82, 2.24) is 14.7 Å². The van der Waals surface area contributed by atoms with Crippen LogP contribution < -0.4 is 10.6 Å². The molecule has 0 bridgehead atoms. The lowest BCUT2D eigenvalue weighted by atomic mass is 9.92. The zero-order chi connectivity index (χ0) is 23.5. The van der Waals surface area contributed by atoms with E-state index in [4.69, 9.17) is 11.6 Å². The average molecular weight is 454 g/mol. The lowest BCUT2D eigenvalue weighted by Gasteiger charge is -2.18. The first-order valence-corrected chi connectivity index (χ1v) is 10.7. The van der Waals surface area contributed by atoms with Crippen molar-refractivity contribution in [2.75, 3.05) is 24.2 Å². The molecule has 2 aromatic carbocycles. The molecule has 1 heterocycles. The molecule has 0 spiro atoms. The fourth-order valence-electron chi connectivity index (χ4n) is 2.94. The van der Waals surface area contributed by atoms with Crippen LogP contribution in [0.1, 0.15) is 32.0 Å². The summed E-state index contributed by atoms with van der Waals surface area (Å²) >= 11 is 6.01. The van der Waals surface area contributed by atoms with Crippen molar-refractivity contribution in [2.24, 2.45) is 0 Å². The molecule has 0 radical (unpaired) electrons. The third-order valence-corrected chi connectivity index (χ3v) is 5.10. The molecule has 3 aromatic rings. The van der Waals surface area contributed by atoms with Gasteiger partial charge in [-0.25, -0.2) is 9.48 Å². The first kappa shape index (κ1) is 23.3.